The zero-order valence-electron chi connectivity index (χ0n) is 8.64. The van der Waals surface area contributed by atoms with Gasteiger partial charge in [0, 0.05) is 20.0 Å². The minimum Gasteiger partial charge on any atom is -0.384 e. The number of ketones is 1. The Bertz CT molecular complexity index is 133. The quantitative estimate of drug-likeness (QED) is 0.636. The first-order valence-corrected chi connectivity index (χ1v) is 4.46. The van der Waals surface area contributed by atoms with Gasteiger partial charge in [0.25, 0.3) is 0 Å². The first kappa shape index (κ1) is 11.6. The molecule has 12 heavy (non-hydrogen) atoms. The molecule has 0 saturated heterocycles. The van der Waals surface area contributed by atoms with Gasteiger partial charge in [0.15, 0.2) is 0 Å². The third-order valence-corrected chi connectivity index (χ3v) is 1.74. The van der Waals surface area contributed by atoms with Gasteiger partial charge in [-0.15, -0.1) is 0 Å². The van der Waals surface area contributed by atoms with E-state index in [-0.39, 0.29) is 5.41 Å². The number of methoxy groups -OCH3 is 1. The lowest BCUT2D eigenvalue weighted by atomic mass is 9.89. The van der Waals surface area contributed by atoms with Crippen LogP contribution in [0.1, 0.15) is 40.0 Å². The summed E-state index contributed by atoms with van der Waals surface area (Å²) >= 11 is 0. The fraction of sp³-hybridized carbons (Fsp3) is 0.900. The SMILES string of the molecule is COCCC(=O)CCC(C)(C)C. The molecule has 0 radical (unpaired) electrons. The third kappa shape index (κ3) is 7.73. The van der Waals surface area contributed by atoms with Gasteiger partial charge in [0.05, 0.1) is 6.61 Å². The Labute approximate surface area is 75.3 Å². The highest BCUT2D eigenvalue weighted by Crippen LogP contribution is 2.20. The smallest absolute Gasteiger partial charge is 0.135 e. The average Bonchev–Trinajstić information content (AvgIpc) is 1.95. The van der Waals surface area contributed by atoms with Crippen LogP contribution in [-0.2, 0) is 9.53 Å². The lowest BCUT2D eigenvalue weighted by Gasteiger charge is -2.16. The molecule has 0 bridgehead atoms. The van der Waals surface area contributed by atoms with E-state index in [0.29, 0.717) is 25.2 Å². The van der Waals surface area contributed by atoms with E-state index in [1.54, 1.807) is 7.11 Å². The summed E-state index contributed by atoms with van der Waals surface area (Å²) in [5, 5.41) is 0. The standard InChI is InChI=1S/C10H20O2/c1-10(2,3)7-5-9(11)6-8-12-4/h5-8H2,1-4H3. The fourth-order valence-corrected chi connectivity index (χ4v) is 0.855. The Balaban J connectivity index is 3.44. The minimum atomic E-state index is 0.267. The summed E-state index contributed by atoms with van der Waals surface area (Å²) < 4.78 is 4.82. The molecule has 0 aromatic heterocycles. The Morgan fingerprint density at radius 3 is 2.25 bits per heavy atom. The van der Waals surface area contributed by atoms with E-state index >= 15 is 0 Å². The highest BCUT2D eigenvalue weighted by Gasteiger charge is 2.12. The number of ether oxygens (including phenoxy) is 1. The van der Waals surface area contributed by atoms with E-state index in [1.165, 1.54) is 0 Å². The first-order chi connectivity index (χ1) is 5.45. The maximum atomic E-state index is 11.2. The van der Waals surface area contributed by atoms with E-state index in [0.717, 1.165) is 6.42 Å². The summed E-state index contributed by atoms with van der Waals surface area (Å²) in [5.41, 5.74) is 0.267. The first-order valence-electron chi connectivity index (χ1n) is 4.46. The second-order valence-corrected chi connectivity index (χ2v) is 4.34. The van der Waals surface area contributed by atoms with Gasteiger partial charge in [-0.3, -0.25) is 4.79 Å². The molecule has 2 heteroatoms. The number of rotatable bonds is 5. The van der Waals surface area contributed by atoms with Crippen molar-refractivity contribution in [1.29, 1.82) is 0 Å². The van der Waals surface area contributed by atoms with E-state index in [4.69, 9.17) is 4.74 Å². The van der Waals surface area contributed by atoms with E-state index in [1.807, 2.05) is 0 Å². The van der Waals surface area contributed by atoms with Crippen molar-refractivity contribution in [1.82, 2.24) is 0 Å². The van der Waals surface area contributed by atoms with Gasteiger partial charge in [-0.05, 0) is 11.8 Å². The second kappa shape index (κ2) is 5.31. The predicted octanol–water partition coefficient (Wildman–Crippen LogP) is 2.42. The molecule has 0 aromatic carbocycles. The van der Waals surface area contributed by atoms with Crippen LogP contribution in [0.4, 0.5) is 0 Å². The molecule has 0 aromatic rings. The van der Waals surface area contributed by atoms with Gasteiger partial charge < -0.3 is 4.74 Å². The van der Waals surface area contributed by atoms with Crippen molar-refractivity contribution in [3.05, 3.63) is 0 Å². The second-order valence-electron chi connectivity index (χ2n) is 4.34. The van der Waals surface area contributed by atoms with Crippen molar-refractivity contribution in [2.24, 2.45) is 5.41 Å². The van der Waals surface area contributed by atoms with Crippen molar-refractivity contribution in [2.45, 2.75) is 40.0 Å². The van der Waals surface area contributed by atoms with Crippen LogP contribution in [0.25, 0.3) is 0 Å². The summed E-state index contributed by atoms with van der Waals surface area (Å²) in [4.78, 5) is 11.2. The number of Topliss-reactive ketones (excluding diaryl/α,β-unsaturated/α-hetero) is 1. The lowest BCUT2D eigenvalue weighted by molar-refractivity contribution is -0.120. The van der Waals surface area contributed by atoms with Crippen LogP contribution < -0.4 is 0 Å². The Morgan fingerprint density at radius 1 is 1.25 bits per heavy atom. The van der Waals surface area contributed by atoms with Crippen molar-refractivity contribution in [2.75, 3.05) is 13.7 Å². The molecule has 0 spiro atoms. The van der Waals surface area contributed by atoms with Gasteiger partial charge >= 0.3 is 0 Å². The largest absolute Gasteiger partial charge is 0.384 e. The maximum absolute atomic E-state index is 11.2. The molecule has 0 atom stereocenters. The molecule has 0 amide bonds. The van der Waals surface area contributed by atoms with E-state index in [9.17, 15) is 4.79 Å². The Kier molecular flexibility index (Phi) is 5.14. The molecule has 0 aliphatic rings. The van der Waals surface area contributed by atoms with Crippen molar-refractivity contribution < 1.29 is 9.53 Å². The van der Waals surface area contributed by atoms with Crippen LogP contribution >= 0.6 is 0 Å². The molecule has 0 aliphatic carbocycles. The zero-order chi connectivity index (χ0) is 9.61. The van der Waals surface area contributed by atoms with Gasteiger partial charge in [-0.2, -0.15) is 0 Å². The van der Waals surface area contributed by atoms with Crippen LogP contribution in [0.5, 0.6) is 0 Å². The molecule has 0 aliphatic heterocycles. The molecule has 0 unspecified atom stereocenters. The molecule has 2 nitrogen and oxygen atoms in total. The number of carbonyl (C=O) groups is 1. The molecule has 72 valence electrons. The highest BCUT2D eigenvalue weighted by molar-refractivity contribution is 5.78. The lowest BCUT2D eigenvalue weighted by Crippen LogP contribution is -2.10. The monoisotopic (exact) mass is 172 g/mol. The van der Waals surface area contributed by atoms with Crippen molar-refractivity contribution >= 4 is 5.78 Å². The third-order valence-electron chi connectivity index (χ3n) is 1.74. The summed E-state index contributed by atoms with van der Waals surface area (Å²) in [5.74, 6) is 0.312. The van der Waals surface area contributed by atoms with Gasteiger partial charge in [0.2, 0.25) is 0 Å². The molecular weight excluding hydrogens is 152 g/mol. The number of hydrogen-bond donors (Lipinski definition) is 0. The summed E-state index contributed by atoms with van der Waals surface area (Å²) in [6.07, 6.45) is 2.22. The van der Waals surface area contributed by atoms with Gasteiger partial charge in [-0.1, -0.05) is 20.8 Å². The van der Waals surface area contributed by atoms with E-state index < -0.39 is 0 Å². The molecule has 0 N–H and O–H groups in total. The molecule has 0 fully saturated rings. The maximum Gasteiger partial charge on any atom is 0.135 e. The number of carbonyl (C=O) groups excluding carboxylic acids is 1. The molecule has 0 heterocycles. The Morgan fingerprint density at radius 2 is 1.83 bits per heavy atom. The van der Waals surface area contributed by atoms with Crippen LogP contribution in [-0.4, -0.2) is 19.5 Å². The minimum absolute atomic E-state index is 0.267. The fourth-order valence-electron chi connectivity index (χ4n) is 0.855. The average molecular weight is 172 g/mol. The molecule has 0 saturated carbocycles. The van der Waals surface area contributed by atoms with Gasteiger partial charge in [-0.25, -0.2) is 0 Å². The topological polar surface area (TPSA) is 26.3 Å². The summed E-state index contributed by atoms with van der Waals surface area (Å²) in [6, 6.07) is 0. The van der Waals surface area contributed by atoms with Crippen LogP contribution in [0, 0.1) is 5.41 Å². The molecular formula is C10H20O2. The highest BCUT2D eigenvalue weighted by atomic mass is 16.5. The van der Waals surface area contributed by atoms with Gasteiger partial charge in [0.1, 0.15) is 5.78 Å². The summed E-state index contributed by atoms with van der Waals surface area (Å²) in [6.45, 7) is 7.01. The van der Waals surface area contributed by atoms with Crippen molar-refractivity contribution in [3.8, 4) is 0 Å². The Hall–Kier alpha value is -0.370. The van der Waals surface area contributed by atoms with Crippen molar-refractivity contribution in [3.63, 3.8) is 0 Å². The van der Waals surface area contributed by atoms with Crippen LogP contribution in [0.3, 0.4) is 0 Å². The van der Waals surface area contributed by atoms with Crippen LogP contribution in [0.2, 0.25) is 0 Å². The normalized spacial score (nSPS) is 11.7. The predicted molar refractivity (Wildman–Crippen MR) is 50.2 cm³/mol. The van der Waals surface area contributed by atoms with Crippen LogP contribution in [0.15, 0.2) is 0 Å². The van der Waals surface area contributed by atoms with E-state index in [2.05, 4.69) is 20.8 Å². The number of hydrogen-bond acceptors (Lipinski definition) is 2. The molecule has 0 rings (SSSR count). The summed E-state index contributed by atoms with van der Waals surface area (Å²) in [7, 11) is 1.62. The zero-order valence-corrected chi connectivity index (χ0v) is 8.64.